The van der Waals surface area contributed by atoms with E-state index in [-0.39, 0.29) is 6.10 Å². The van der Waals surface area contributed by atoms with Crippen LogP contribution in [0.1, 0.15) is 6.42 Å². The summed E-state index contributed by atoms with van der Waals surface area (Å²) >= 11 is 7.21. The second-order valence-electron chi connectivity index (χ2n) is 2.84. The van der Waals surface area contributed by atoms with Gasteiger partial charge in [0.1, 0.15) is 5.15 Å². The first kappa shape index (κ1) is 8.29. The summed E-state index contributed by atoms with van der Waals surface area (Å²) in [5.41, 5.74) is 0. The van der Waals surface area contributed by atoms with E-state index < -0.39 is 0 Å². The van der Waals surface area contributed by atoms with Gasteiger partial charge in [-0.1, -0.05) is 11.6 Å². The lowest BCUT2D eigenvalue weighted by Crippen LogP contribution is -2.20. The van der Waals surface area contributed by atoms with E-state index in [9.17, 15) is 5.11 Å². The van der Waals surface area contributed by atoms with E-state index in [1.807, 2.05) is 5.38 Å². The van der Waals surface area contributed by atoms with Crippen molar-refractivity contribution in [3.05, 3.63) is 10.5 Å². The number of thiazole rings is 1. The number of rotatable bonds is 1. The van der Waals surface area contributed by atoms with Crippen molar-refractivity contribution in [3.8, 4) is 0 Å². The number of aliphatic hydroxyl groups is 1. The lowest BCUT2D eigenvalue weighted by Gasteiger charge is -2.12. The third-order valence-corrected chi connectivity index (χ3v) is 3.12. The molecule has 0 bridgehead atoms. The number of aliphatic hydroxyl groups excluding tert-OH is 1. The largest absolute Gasteiger partial charge is 0.391 e. The summed E-state index contributed by atoms with van der Waals surface area (Å²) in [5.74, 6) is 0. The van der Waals surface area contributed by atoms with E-state index in [1.54, 1.807) is 0 Å². The quantitative estimate of drug-likeness (QED) is 0.751. The number of halogens is 1. The second-order valence-corrected chi connectivity index (χ2v) is 4.07. The minimum Gasteiger partial charge on any atom is -0.391 e. The summed E-state index contributed by atoms with van der Waals surface area (Å²) in [6.45, 7) is 1.56. The Morgan fingerprint density at radius 3 is 3.08 bits per heavy atom. The van der Waals surface area contributed by atoms with Crippen molar-refractivity contribution in [1.29, 1.82) is 0 Å². The lowest BCUT2D eigenvalue weighted by atomic mass is 10.3. The number of aromatic nitrogens is 1. The van der Waals surface area contributed by atoms with Crippen LogP contribution in [0, 0.1) is 0 Å². The fourth-order valence-corrected chi connectivity index (χ4v) is 2.29. The highest BCUT2D eigenvalue weighted by Gasteiger charge is 2.22. The van der Waals surface area contributed by atoms with Crippen LogP contribution in [0.25, 0.3) is 0 Å². The Kier molecular flexibility index (Phi) is 2.21. The molecule has 0 saturated carbocycles. The molecule has 1 saturated heterocycles. The summed E-state index contributed by atoms with van der Waals surface area (Å²) < 4.78 is 0. The molecule has 0 aliphatic carbocycles. The van der Waals surface area contributed by atoms with E-state index in [0.717, 1.165) is 18.1 Å². The van der Waals surface area contributed by atoms with Crippen molar-refractivity contribution in [3.63, 3.8) is 0 Å². The van der Waals surface area contributed by atoms with Gasteiger partial charge in [0.15, 0.2) is 5.13 Å². The third kappa shape index (κ3) is 1.55. The Bertz CT molecular complexity index is 278. The molecule has 1 atom stereocenters. The Balaban J connectivity index is 2.11. The Hall–Kier alpha value is -0.320. The number of hydrogen-bond donors (Lipinski definition) is 1. The maximum absolute atomic E-state index is 9.27. The average Bonchev–Trinajstić information content (AvgIpc) is 2.58. The molecule has 1 aliphatic rings. The van der Waals surface area contributed by atoms with Crippen LogP contribution in [0.3, 0.4) is 0 Å². The molecular weight excluding hydrogens is 196 g/mol. The Labute approximate surface area is 79.6 Å². The van der Waals surface area contributed by atoms with Crippen LogP contribution < -0.4 is 4.90 Å². The van der Waals surface area contributed by atoms with Gasteiger partial charge in [0.25, 0.3) is 0 Å². The van der Waals surface area contributed by atoms with Gasteiger partial charge in [-0.15, -0.1) is 11.3 Å². The Morgan fingerprint density at radius 2 is 2.58 bits per heavy atom. The molecular formula is C7H9ClN2OS. The summed E-state index contributed by atoms with van der Waals surface area (Å²) in [5, 5.41) is 12.5. The maximum Gasteiger partial charge on any atom is 0.186 e. The molecule has 0 unspecified atom stereocenters. The van der Waals surface area contributed by atoms with Crippen LogP contribution in [0.2, 0.25) is 5.15 Å². The fraction of sp³-hybridized carbons (Fsp3) is 0.571. The SMILES string of the molecule is O[C@@H]1CCN(c2nc(Cl)cs2)C1. The van der Waals surface area contributed by atoms with Crippen LogP contribution in [-0.4, -0.2) is 29.3 Å². The van der Waals surface area contributed by atoms with E-state index in [1.165, 1.54) is 11.3 Å². The molecule has 66 valence electrons. The van der Waals surface area contributed by atoms with Crippen molar-refractivity contribution >= 4 is 28.1 Å². The van der Waals surface area contributed by atoms with Crippen molar-refractivity contribution in [2.24, 2.45) is 0 Å². The van der Waals surface area contributed by atoms with Crippen LogP contribution in [-0.2, 0) is 0 Å². The van der Waals surface area contributed by atoms with Crippen molar-refractivity contribution in [2.75, 3.05) is 18.0 Å². The molecule has 5 heteroatoms. The van der Waals surface area contributed by atoms with Crippen molar-refractivity contribution < 1.29 is 5.11 Å². The smallest absolute Gasteiger partial charge is 0.186 e. The molecule has 2 rings (SSSR count). The van der Waals surface area contributed by atoms with Gasteiger partial charge in [0.2, 0.25) is 0 Å². The first-order valence-corrected chi connectivity index (χ1v) is 5.05. The molecule has 1 aromatic heterocycles. The summed E-state index contributed by atoms with van der Waals surface area (Å²) in [6, 6.07) is 0. The van der Waals surface area contributed by atoms with Gasteiger partial charge in [-0.2, -0.15) is 0 Å². The topological polar surface area (TPSA) is 36.4 Å². The van der Waals surface area contributed by atoms with Crippen molar-refractivity contribution in [2.45, 2.75) is 12.5 Å². The molecule has 0 radical (unpaired) electrons. The summed E-state index contributed by atoms with van der Waals surface area (Å²) in [6.07, 6.45) is 0.629. The third-order valence-electron chi connectivity index (χ3n) is 1.90. The highest BCUT2D eigenvalue weighted by atomic mass is 35.5. The first-order valence-electron chi connectivity index (χ1n) is 3.80. The summed E-state index contributed by atoms with van der Waals surface area (Å²) in [4.78, 5) is 6.18. The van der Waals surface area contributed by atoms with E-state index >= 15 is 0 Å². The molecule has 2 heterocycles. The molecule has 1 N–H and O–H groups in total. The van der Waals surface area contributed by atoms with Gasteiger partial charge < -0.3 is 10.0 Å². The first-order chi connectivity index (χ1) is 5.75. The van der Waals surface area contributed by atoms with Gasteiger partial charge in [-0.05, 0) is 6.42 Å². The zero-order chi connectivity index (χ0) is 8.55. The zero-order valence-corrected chi connectivity index (χ0v) is 7.98. The van der Waals surface area contributed by atoms with Crippen molar-refractivity contribution in [1.82, 2.24) is 4.98 Å². The highest BCUT2D eigenvalue weighted by Crippen LogP contribution is 2.26. The standard InChI is InChI=1S/C7H9ClN2OS/c8-6-4-12-7(9-6)10-2-1-5(11)3-10/h4-5,11H,1-3H2/t5-/m1/s1. The van der Waals surface area contributed by atoms with Crippen LogP contribution in [0.5, 0.6) is 0 Å². The number of β-amino-alcohol motifs (C(OH)–C–C–N with tert-alkyl or cyclic N) is 1. The van der Waals surface area contributed by atoms with Crippen LogP contribution >= 0.6 is 22.9 Å². The average molecular weight is 205 g/mol. The lowest BCUT2D eigenvalue weighted by molar-refractivity contribution is 0.198. The number of anilines is 1. The van der Waals surface area contributed by atoms with Gasteiger partial charge in [-0.3, -0.25) is 0 Å². The number of hydrogen-bond acceptors (Lipinski definition) is 4. The van der Waals surface area contributed by atoms with E-state index in [4.69, 9.17) is 11.6 Å². The molecule has 1 fully saturated rings. The summed E-state index contributed by atoms with van der Waals surface area (Å²) in [7, 11) is 0. The van der Waals surface area contributed by atoms with Crippen LogP contribution in [0.4, 0.5) is 5.13 Å². The van der Waals surface area contributed by atoms with E-state index in [0.29, 0.717) is 11.7 Å². The highest BCUT2D eigenvalue weighted by molar-refractivity contribution is 7.14. The zero-order valence-electron chi connectivity index (χ0n) is 6.40. The van der Waals surface area contributed by atoms with Gasteiger partial charge in [-0.25, -0.2) is 4.98 Å². The minimum absolute atomic E-state index is 0.201. The van der Waals surface area contributed by atoms with Gasteiger partial charge in [0.05, 0.1) is 6.10 Å². The Morgan fingerprint density at radius 1 is 1.75 bits per heavy atom. The molecule has 0 spiro atoms. The monoisotopic (exact) mass is 204 g/mol. The molecule has 3 nitrogen and oxygen atoms in total. The predicted octanol–water partition coefficient (Wildman–Crippen LogP) is 1.37. The predicted molar refractivity (Wildman–Crippen MR) is 50.0 cm³/mol. The van der Waals surface area contributed by atoms with E-state index in [2.05, 4.69) is 9.88 Å². The maximum atomic E-state index is 9.27. The number of nitrogens with zero attached hydrogens (tertiary/aromatic N) is 2. The fourth-order valence-electron chi connectivity index (χ4n) is 1.31. The van der Waals surface area contributed by atoms with Gasteiger partial charge in [0, 0.05) is 18.5 Å². The van der Waals surface area contributed by atoms with Gasteiger partial charge >= 0.3 is 0 Å². The molecule has 1 aromatic rings. The molecule has 1 aliphatic heterocycles. The normalized spacial score (nSPS) is 23.5. The van der Waals surface area contributed by atoms with Crippen LogP contribution in [0.15, 0.2) is 5.38 Å². The minimum atomic E-state index is -0.201. The molecule has 12 heavy (non-hydrogen) atoms. The molecule has 0 aromatic carbocycles. The second kappa shape index (κ2) is 3.20. The molecule has 0 amide bonds.